The van der Waals surface area contributed by atoms with Crippen molar-refractivity contribution in [3.63, 3.8) is 0 Å². The van der Waals surface area contributed by atoms with Crippen molar-refractivity contribution in [2.45, 2.75) is 32.6 Å². The predicted octanol–water partition coefficient (Wildman–Crippen LogP) is 2.94. The van der Waals surface area contributed by atoms with Gasteiger partial charge in [-0.2, -0.15) is 0 Å². The van der Waals surface area contributed by atoms with E-state index < -0.39 is 0 Å². The molecule has 0 aliphatic carbocycles. The first-order valence-corrected chi connectivity index (χ1v) is 7.85. The van der Waals surface area contributed by atoms with Crippen LogP contribution >= 0.6 is 0 Å². The van der Waals surface area contributed by atoms with Crippen LogP contribution in [0.3, 0.4) is 0 Å². The summed E-state index contributed by atoms with van der Waals surface area (Å²) in [5.41, 5.74) is 1.47. The zero-order chi connectivity index (χ0) is 13.3. The Labute approximate surface area is 118 Å². The van der Waals surface area contributed by atoms with E-state index in [1.807, 2.05) is 0 Å². The SMILES string of the molecule is CCCN(CCc1ccccc1)CC1CCNCC1. The van der Waals surface area contributed by atoms with Gasteiger partial charge in [-0.05, 0) is 56.8 Å². The average Bonchev–Trinajstić information content (AvgIpc) is 2.47. The maximum absolute atomic E-state index is 3.46. The number of rotatable bonds is 7. The molecule has 19 heavy (non-hydrogen) atoms. The van der Waals surface area contributed by atoms with Gasteiger partial charge in [0.25, 0.3) is 0 Å². The summed E-state index contributed by atoms with van der Waals surface area (Å²) in [5.74, 6) is 0.906. The van der Waals surface area contributed by atoms with Crippen LogP contribution < -0.4 is 5.32 Å². The zero-order valence-corrected chi connectivity index (χ0v) is 12.3. The summed E-state index contributed by atoms with van der Waals surface area (Å²) in [4.78, 5) is 2.67. The van der Waals surface area contributed by atoms with Crippen LogP contribution in [-0.4, -0.2) is 37.6 Å². The molecule has 1 aliphatic heterocycles. The fourth-order valence-electron chi connectivity index (χ4n) is 2.97. The Balaban J connectivity index is 1.78. The van der Waals surface area contributed by atoms with Crippen molar-refractivity contribution >= 4 is 0 Å². The monoisotopic (exact) mass is 260 g/mol. The molecule has 2 heteroatoms. The third-order valence-electron chi connectivity index (χ3n) is 4.07. The Hall–Kier alpha value is -0.860. The number of hydrogen-bond acceptors (Lipinski definition) is 2. The molecular weight excluding hydrogens is 232 g/mol. The minimum Gasteiger partial charge on any atom is -0.317 e. The quantitative estimate of drug-likeness (QED) is 0.811. The van der Waals surface area contributed by atoms with Crippen LogP contribution in [0.5, 0.6) is 0 Å². The van der Waals surface area contributed by atoms with Crippen molar-refractivity contribution in [2.24, 2.45) is 5.92 Å². The minimum absolute atomic E-state index is 0.906. The molecule has 0 unspecified atom stereocenters. The highest BCUT2D eigenvalue weighted by molar-refractivity contribution is 5.14. The molecule has 0 atom stereocenters. The van der Waals surface area contributed by atoms with Crippen molar-refractivity contribution in [1.82, 2.24) is 10.2 Å². The summed E-state index contributed by atoms with van der Waals surface area (Å²) in [6.07, 6.45) is 5.16. The lowest BCUT2D eigenvalue weighted by Gasteiger charge is -2.30. The van der Waals surface area contributed by atoms with Gasteiger partial charge in [-0.3, -0.25) is 0 Å². The molecule has 0 aromatic heterocycles. The molecule has 0 radical (unpaired) electrons. The Morgan fingerprint density at radius 2 is 1.84 bits per heavy atom. The van der Waals surface area contributed by atoms with Crippen molar-refractivity contribution in [3.05, 3.63) is 35.9 Å². The minimum atomic E-state index is 0.906. The largest absolute Gasteiger partial charge is 0.317 e. The van der Waals surface area contributed by atoms with Crippen molar-refractivity contribution in [3.8, 4) is 0 Å². The third-order valence-corrected chi connectivity index (χ3v) is 4.07. The molecule has 0 amide bonds. The molecule has 2 nitrogen and oxygen atoms in total. The normalized spacial score (nSPS) is 16.9. The van der Waals surface area contributed by atoms with E-state index >= 15 is 0 Å². The topological polar surface area (TPSA) is 15.3 Å². The van der Waals surface area contributed by atoms with Gasteiger partial charge in [-0.15, -0.1) is 0 Å². The van der Waals surface area contributed by atoms with Crippen LogP contribution in [-0.2, 0) is 6.42 Å². The second kappa shape index (κ2) is 8.34. The molecule has 1 aromatic rings. The number of piperidine rings is 1. The number of benzene rings is 1. The van der Waals surface area contributed by atoms with Gasteiger partial charge in [0.15, 0.2) is 0 Å². The number of hydrogen-bond donors (Lipinski definition) is 1. The lowest BCUT2D eigenvalue weighted by Crippen LogP contribution is -2.37. The molecule has 1 N–H and O–H groups in total. The van der Waals surface area contributed by atoms with Crippen LogP contribution in [0.2, 0.25) is 0 Å². The smallest absolute Gasteiger partial charge is 0.00219 e. The van der Waals surface area contributed by atoms with Crippen molar-refractivity contribution in [1.29, 1.82) is 0 Å². The molecule has 1 aromatic carbocycles. The van der Waals surface area contributed by atoms with E-state index in [2.05, 4.69) is 47.5 Å². The zero-order valence-electron chi connectivity index (χ0n) is 12.3. The van der Waals surface area contributed by atoms with E-state index in [0.29, 0.717) is 0 Å². The molecule has 1 saturated heterocycles. The van der Waals surface area contributed by atoms with E-state index in [9.17, 15) is 0 Å². The van der Waals surface area contributed by atoms with Gasteiger partial charge in [0.05, 0.1) is 0 Å². The van der Waals surface area contributed by atoms with Gasteiger partial charge in [-0.25, -0.2) is 0 Å². The molecule has 1 heterocycles. The fraction of sp³-hybridized carbons (Fsp3) is 0.647. The maximum Gasteiger partial charge on any atom is 0.00219 e. The molecular formula is C17H28N2. The summed E-state index contributed by atoms with van der Waals surface area (Å²) >= 11 is 0. The highest BCUT2D eigenvalue weighted by atomic mass is 15.1. The van der Waals surface area contributed by atoms with E-state index in [-0.39, 0.29) is 0 Å². The molecule has 0 bridgehead atoms. The summed E-state index contributed by atoms with van der Waals surface area (Å²) < 4.78 is 0. The lowest BCUT2D eigenvalue weighted by molar-refractivity contribution is 0.207. The third kappa shape index (κ3) is 5.33. The number of nitrogens with zero attached hydrogens (tertiary/aromatic N) is 1. The molecule has 106 valence electrons. The first-order chi connectivity index (χ1) is 9.38. The fourth-order valence-corrected chi connectivity index (χ4v) is 2.97. The van der Waals surface area contributed by atoms with Crippen molar-refractivity contribution < 1.29 is 0 Å². The summed E-state index contributed by atoms with van der Waals surface area (Å²) in [6.45, 7) is 8.46. The van der Waals surface area contributed by atoms with Crippen LogP contribution in [0.25, 0.3) is 0 Å². The Morgan fingerprint density at radius 1 is 1.11 bits per heavy atom. The van der Waals surface area contributed by atoms with E-state index in [1.54, 1.807) is 0 Å². The Bertz CT molecular complexity index is 330. The maximum atomic E-state index is 3.46. The Morgan fingerprint density at radius 3 is 2.53 bits per heavy atom. The van der Waals surface area contributed by atoms with Crippen LogP contribution in [0.4, 0.5) is 0 Å². The summed E-state index contributed by atoms with van der Waals surface area (Å²) in [6, 6.07) is 10.9. The van der Waals surface area contributed by atoms with Gasteiger partial charge in [-0.1, -0.05) is 37.3 Å². The van der Waals surface area contributed by atoms with Crippen LogP contribution in [0, 0.1) is 5.92 Å². The average molecular weight is 260 g/mol. The highest BCUT2D eigenvalue weighted by Crippen LogP contribution is 2.14. The second-order valence-corrected chi connectivity index (χ2v) is 5.73. The standard InChI is InChI=1S/C17H28N2/c1-2-13-19(15-17-8-11-18-12-9-17)14-10-16-6-4-3-5-7-16/h3-7,17-18H,2,8-15H2,1H3. The lowest BCUT2D eigenvalue weighted by atomic mass is 9.97. The molecule has 1 fully saturated rings. The van der Waals surface area contributed by atoms with E-state index in [4.69, 9.17) is 0 Å². The predicted molar refractivity (Wildman–Crippen MR) is 82.5 cm³/mol. The van der Waals surface area contributed by atoms with Gasteiger partial charge in [0, 0.05) is 13.1 Å². The van der Waals surface area contributed by atoms with Gasteiger partial charge < -0.3 is 10.2 Å². The number of nitrogens with one attached hydrogen (secondary N) is 1. The molecule has 0 spiro atoms. The van der Waals surface area contributed by atoms with Crippen LogP contribution in [0.1, 0.15) is 31.7 Å². The van der Waals surface area contributed by atoms with Crippen molar-refractivity contribution in [2.75, 3.05) is 32.7 Å². The Kier molecular flexibility index (Phi) is 6.38. The highest BCUT2D eigenvalue weighted by Gasteiger charge is 2.16. The molecule has 1 aliphatic rings. The molecule has 0 saturated carbocycles. The summed E-state index contributed by atoms with van der Waals surface area (Å²) in [7, 11) is 0. The van der Waals surface area contributed by atoms with E-state index in [1.165, 1.54) is 64.0 Å². The first kappa shape index (κ1) is 14.5. The van der Waals surface area contributed by atoms with Gasteiger partial charge in [0.2, 0.25) is 0 Å². The van der Waals surface area contributed by atoms with Gasteiger partial charge in [0.1, 0.15) is 0 Å². The molecule has 2 rings (SSSR count). The second-order valence-electron chi connectivity index (χ2n) is 5.73. The van der Waals surface area contributed by atoms with Gasteiger partial charge >= 0.3 is 0 Å². The van der Waals surface area contributed by atoms with E-state index in [0.717, 1.165) is 5.92 Å². The summed E-state index contributed by atoms with van der Waals surface area (Å²) in [5, 5.41) is 3.46. The van der Waals surface area contributed by atoms with Crippen LogP contribution in [0.15, 0.2) is 30.3 Å². The first-order valence-electron chi connectivity index (χ1n) is 7.85.